The Morgan fingerprint density at radius 3 is 2.63 bits per heavy atom. The van der Waals surface area contributed by atoms with E-state index in [0.29, 0.717) is 28.0 Å². The van der Waals surface area contributed by atoms with Gasteiger partial charge < -0.3 is 14.5 Å². The Balaban J connectivity index is 1.56. The summed E-state index contributed by atoms with van der Waals surface area (Å²) < 4.78 is 13.2. The molecule has 5 aromatic rings. The van der Waals surface area contributed by atoms with Crippen LogP contribution in [0.25, 0.3) is 11.3 Å². The predicted octanol–water partition coefficient (Wildman–Crippen LogP) is 4.55. The van der Waals surface area contributed by atoms with Crippen molar-refractivity contribution >= 4 is 40.6 Å². The molecule has 5 rings (SSSR count). The van der Waals surface area contributed by atoms with Gasteiger partial charge in [-0.2, -0.15) is 9.78 Å². The largest absolute Gasteiger partial charge is 0.464 e. The van der Waals surface area contributed by atoms with E-state index < -0.39 is 17.4 Å². The van der Waals surface area contributed by atoms with Crippen molar-refractivity contribution in [3.8, 4) is 11.3 Å². The van der Waals surface area contributed by atoms with Crippen LogP contribution in [-0.2, 0) is 17.8 Å². The van der Waals surface area contributed by atoms with Crippen LogP contribution in [0.3, 0.4) is 0 Å². The number of hydrogen-bond acceptors (Lipinski definition) is 9. The number of esters is 1. The number of nitrogens with zero attached hydrogens (tertiary/aromatic N) is 4. The van der Waals surface area contributed by atoms with Crippen LogP contribution in [0.4, 0.5) is 5.82 Å². The van der Waals surface area contributed by atoms with Crippen LogP contribution < -0.4 is 10.9 Å². The van der Waals surface area contributed by atoms with Crippen molar-refractivity contribution < 1.29 is 18.7 Å². The number of rotatable bonds is 8. The number of nitrogens with one attached hydrogen (secondary N) is 1. The fourth-order valence-electron chi connectivity index (χ4n) is 3.80. The molecule has 0 saturated heterocycles. The van der Waals surface area contributed by atoms with Crippen molar-refractivity contribution in [1.29, 1.82) is 0 Å². The minimum atomic E-state index is -0.676. The number of methoxy groups -OCH3 is 1. The molecule has 0 saturated carbocycles. The number of benzene rings is 1. The Morgan fingerprint density at radius 2 is 1.95 bits per heavy atom. The van der Waals surface area contributed by atoms with E-state index in [0.717, 1.165) is 21.5 Å². The molecular formula is C26H20ClN5O5S. The van der Waals surface area contributed by atoms with Gasteiger partial charge in [0, 0.05) is 22.6 Å². The molecule has 0 bridgehead atoms. The molecule has 0 atom stereocenters. The monoisotopic (exact) mass is 549 g/mol. The summed E-state index contributed by atoms with van der Waals surface area (Å²) in [4.78, 5) is 43.7. The second-order valence-electron chi connectivity index (χ2n) is 8.09. The highest BCUT2D eigenvalue weighted by molar-refractivity contribution is 7.16. The molecule has 0 aliphatic heterocycles. The van der Waals surface area contributed by atoms with Gasteiger partial charge in [0.25, 0.3) is 5.56 Å². The van der Waals surface area contributed by atoms with E-state index in [9.17, 15) is 14.4 Å². The number of anilines is 1. The van der Waals surface area contributed by atoms with Gasteiger partial charge >= 0.3 is 11.9 Å². The lowest BCUT2D eigenvalue weighted by Gasteiger charge is -2.12. The van der Waals surface area contributed by atoms with Crippen LogP contribution >= 0.6 is 22.9 Å². The highest BCUT2D eigenvalue weighted by Gasteiger charge is 2.22. The molecule has 192 valence electrons. The molecule has 38 heavy (non-hydrogen) atoms. The highest BCUT2D eigenvalue weighted by Crippen LogP contribution is 2.26. The Hall–Kier alpha value is -4.48. The Labute approximate surface area is 225 Å². The van der Waals surface area contributed by atoms with Crippen LogP contribution in [0.1, 0.15) is 31.5 Å². The van der Waals surface area contributed by atoms with Gasteiger partial charge in [-0.1, -0.05) is 41.9 Å². The first-order valence-electron chi connectivity index (χ1n) is 11.3. The molecule has 0 unspecified atom stereocenters. The summed E-state index contributed by atoms with van der Waals surface area (Å²) in [5, 5.41) is 7.61. The van der Waals surface area contributed by atoms with E-state index in [1.54, 1.807) is 12.1 Å². The number of oxazole rings is 1. The smallest absolute Gasteiger partial charge is 0.354 e. The number of ether oxygens (including phenoxy) is 1. The molecule has 0 aliphatic rings. The predicted molar refractivity (Wildman–Crippen MR) is 142 cm³/mol. The van der Waals surface area contributed by atoms with Crippen LogP contribution in [-0.4, -0.2) is 38.3 Å². The number of carbonyl (C=O) groups is 2. The maximum atomic E-state index is 13.2. The summed E-state index contributed by atoms with van der Waals surface area (Å²) in [5.41, 5.74) is 1.10. The van der Waals surface area contributed by atoms with Crippen molar-refractivity contribution in [3.63, 3.8) is 0 Å². The number of halogens is 1. The van der Waals surface area contributed by atoms with E-state index in [1.165, 1.54) is 41.3 Å². The number of carbonyl (C=O) groups excluding carboxylic acids is 2. The molecule has 4 aromatic heterocycles. The zero-order valence-corrected chi connectivity index (χ0v) is 21.5. The zero-order chi connectivity index (χ0) is 26.6. The lowest BCUT2D eigenvalue weighted by atomic mass is 10.1. The summed E-state index contributed by atoms with van der Waals surface area (Å²) >= 11 is 7.44. The van der Waals surface area contributed by atoms with Gasteiger partial charge in [0.15, 0.2) is 6.39 Å². The van der Waals surface area contributed by atoms with Crippen molar-refractivity contribution in [1.82, 2.24) is 19.3 Å². The van der Waals surface area contributed by atoms with E-state index in [-0.39, 0.29) is 18.0 Å². The SMILES string of the molecule is COC(=O)c1cc(-c2cc(NCc3ccc(Cl)s3)n(C(=O)c3cnco3)n2)cc(=O)n1Cc1ccccc1. The maximum Gasteiger partial charge on any atom is 0.354 e. The topological polar surface area (TPSA) is 121 Å². The highest BCUT2D eigenvalue weighted by atomic mass is 35.5. The number of pyridine rings is 1. The average molecular weight is 550 g/mol. The first-order chi connectivity index (χ1) is 18.4. The van der Waals surface area contributed by atoms with Crippen LogP contribution in [0, 0.1) is 0 Å². The maximum absolute atomic E-state index is 13.2. The van der Waals surface area contributed by atoms with Crippen molar-refractivity contribution in [2.24, 2.45) is 0 Å². The lowest BCUT2D eigenvalue weighted by molar-refractivity contribution is 0.0587. The van der Waals surface area contributed by atoms with Crippen molar-refractivity contribution in [2.45, 2.75) is 13.1 Å². The number of aromatic nitrogens is 4. The van der Waals surface area contributed by atoms with Crippen LogP contribution in [0.5, 0.6) is 0 Å². The average Bonchev–Trinajstić information content (AvgIpc) is 3.69. The second kappa shape index (κ2) is 10.9. The normalized spacial score (nSPS) is 10.9. The molecule has 4 heterocycles. The summed E-state index contributed by atoms with van der Waals surface area (Å²) in [5.74, 6) is -0.912. The third-order valence-corrected chi connectivity index (χ3v) is 6.85. The van der Waals surface area contributed by atoms with Crippen molar-refractivity contribution in [2.75, 3.05) is 12.4 Å². The van der Waals surface area contributed by atoms with Gasteiger partial charge in [-0.15, -0.1) is 11.3 Å². The molecule has 1 aromatic carbocycles. The van der Waals surface area contributed by atoms with Gasteiger partial charge in [-0.25, -0.2) is 9.78 Å². The molecule has 0 spiro atoms. The summed E-state index contributed by atoms with van der Waals surface area (Å²) in [6.45, 7) is 0.553. The van der Waals surface area contributed by atoms with E-state index in [1.807, 2.05) is 36.4 Å². The molecule has 0 amide bonds. The van der Waals surface area contributed by atoms with Crippen LogP contribution in [0.15, 0.2) is 82.5 Å². The minimum Gasteiger partial charge on any atom is -0.464 e. The molecule has 0 radical (unpaired) electrons. The summed E-state index contributed by atoms with van der Waals surface area (Å²) in [6, 6.07) is 17.4. The number of thiophene rings is 1. The van der Waals surface area contributed by atoms with E-state index >= 15 is 0 Å². The lowest BCUT2D eigenvalue weighted by Crippen LogP contribution is -2.26. The van der Waals surface area contributed by atoms with Gasteiger partial charge in [-0.05, 0) is 23.8 Å². The molecular weight excluding hydrogens is 530 g/mol. The zero-order valence-electron chi connectivity index (χ0n) is 20.0. The molecule has 0 aliphatic carbocycles. The summed E-state index contributed by atoms with van der Waals surface area (Å²) in [6.07, 6.45) is 2.43. The second-order valence-corrected chi connectivity index (χ2v) is 9.89. The van der Waals surface area contributed by atoms with Crippen LogP contribution in [0.2, 0.25) is 4.34 Å². The third-order valence-electron chi connectivity index (χ3n) is 5.62. The van der Waals surface area contributed by atoms with Gasteiger partial charge in [0.1, 0.15) is 11.5 Å². The van der Waals surface area contributed by atoms with Gasteiger partial charge in [-0.3, -0.25) is 14.2 Å². The van der Waals surface area contributed by atoms with Gasteiger partial charge in [0.2, 0.25) is 5.76 Å². The van der Waals surface area contributed by atoms with Gasteiger partial charge in [0.05, 0.1) is 36.4 Å². The standard InChI is InChI=1S/C26H20ClN5O5S/c1-36-26(35)20-9-17(10-24(33)31(20)14-16-5-3-2-4-6-16)19-11-23(29-12-18-7-8-22(27)38-18)32(30-19)25(34)21-13-28-15-37-21/h2-11,13,15,29H,12,14H2,1H3. The fourth-order valence-corrected chi connectivity index (χ4v) is 4.83. The molecule has 1 N–H and O–H groups in total. The van der Waals surface area contributed by atoms with E-state index in [4.69, 9.17) is 20.8 Å². The molecule has 12 heteroatoms. The third kappa shape index (κ3) is 5.29. The Morgan fingerprint density at radius 1 is 1.13 bits per heavy atom. The first-order valence-corrected chi connectivity index (χ1v) is 12.5. The fraction of sp³-hybridized carbons (Fsp3) is 0.115. The molecule has 10 nitrogen and oxygen atoms in total. The number of hydrogen-bond donors (Lipinski definition) is 1. The Kier molecular flexibility index (Phi) is 7.20. The van der Waals surface area contributed by atoms with E-state index in [2.05, 4.69) is 15.4 Å². The van der Waals surface area contributed by atoms with Crippen molar-refractivity contribution in [3.05, 3.63) is 110 Å². The quantitative estimate of drug-likeness (QED) is 0.280. The summed E-state index contributed by atoms with van der Waals surface area (Å²) in [7, 11) is 1.25. The molecule has 0 fully saturated rings. The Bertz CT molecular complexity index is 1660. The first kappa shape index (κ1) is 25.2. The minimum absolute atomic E-state index is 0.0182.